The first-order chi connectivity index (χ1) is 7.45. The normalized spacial score (nSPS) is 44.1. The summed E-state index contributed by atoms with van der Waals surface area (Å²) in [5.41, 5.74) is 1.62. The van der Waals surface area contributed by atoms with Crippen molar-refractivity contribution in [2.75, 3.05) is 0 Å². The minimum atomic E-state index is -0.158. The largest absolute Gasteiger partial charge is 0.389 e. The molecule has 1 nitrogen and oxygen atoms in total. The molecule has 0 bridgehead atoms. The van der Waals surface area contributed by atoms with Gasteiger partial charge in [0.05, 0.1) is 6.10 Å². The molecule has 0 heterocycles. The average Bonchev–Trinajstić information content (AvgIpc) is 2.23. The first kappa shape index (κ1) is 12.2. The quantitative estimate of drug-likeness (QED) is 0.669. The van der Waals surface area contributed by atoms with Gasteiger partial charge < -0.3 is 5.11 Å². The van der Waals surface area contributed by atoms with E-state index >= 15 is 0 Å². The molecule has 16 heavy (non-hydrogen) atoms. The van der Waals surface area contributed by atoms with Crippen molar-refractivity contribution in [2.24, 2.45) is 23.2 Å². The van der Waals surface area contributed by atoms with Crippen LogP contribution in [0.4, 0.5) is 0 Å². The van der Waals surface area contributed by atoms with Gasteiger partial charge in [0.1, 0.15) is 0 Å². The Morgan fingerprint density at radius 2 is 2.06 bits per heavy atom. The molecule has 0 spiro atoms. The molecule has 1 N–H and O–H groups in total. The predicted octanol–water partition coefficient (Wildman–Crippen LogP) is 3.78. The van der Waals surface area contributed by atoms with E-state index in [1.807, 2.05) is 0 Å². The highest BCUT2D eigenvalue weighted by Crippen LogP contribution is 2.53. The molecule has 0 aromatic rings. The van der Waals surface area contributed by atoms with Crippen LogP contribution in [0, 0.1) is 23.2 Å². The van der Waals surface area contributed by atoms with Gasteiger partial charge in [-0.25, -0.2) is 0 Å². The summed E-state index contributed by atoms with van der Waals surface area (Å²) in [5.74, 6) is 2.30. The van der Waals surface area contributed by atoms with Gasteiger partial charge in [-0.05, 0) is 54.4 Å². The molecule has 1 heteroatoms. The fraction of sp³-hybridized carbons (Fsp3) is 0.867. The Morgan fingerprint density at radius 3 is 2.69 bits per heavy atom. The van der Waals surface area contributed by atoms with E-state index in [1.165, 1.54) is 24.8 Å². The maximum atomic E-state index is 10.1. The van der Waals surface area contributed by atoms with Crippen LogP contribution in [0.15, 0.2) is 11.6 Å². The third-order valence-corrected chi connectivity index (χ3v) is 5.25. The highest BCUT2D eigenvalue weighted by Gasteiger charge is 2.45. The fourth-order valence-corrected chi connectivity index (χ4v) is 3.65. The van der Waals surface area contributed by atoms with E-state index in [0.29, 0.717) is 0 Å². The van der Waals surface area contributed by atoms with Crippen molar-refractivity contribution in [3.63, 3.8) is 0 Å². The van der Waals surface area contributed by atoms with Gasteiger partial charge in [-0.1, -0.05) is 33.8 Å². The van der Waals surface area contributed by atoms with E-state index in [4.69, 9.17) is 0 Å². The van der Waals surface area contributed by atoms with Crippen LogP contribution in [-0.2, 0) is 0 Å². The summed E-state index contributed by atoms with van der Waals surface area (Å²) in [7, 11) is 0. The minimum absolute atomic E-state index is 0.158. The maximum Gasteiger partial charge on any atom is 0.0755 e. The molecule has 0 amide bonds. The van der Waals surface area contributed by atoms with Crippen LogP contribution in [0.25, 0.3) is 0 Å². The number of aliphatic hydroxyl groups is 1. The average molecular weight is 222 g/mol. The fourth-order valence-electron chi connectivity index (χ4n) is 3.65. The van der Waals surface area contributed by atoms with E-state index in [-0.39, 0.29) is 11.5 Å². The van der Waals surface area contributed by atoms with Crippen LogP contribution in [0.1, 0.15) is 53.4 Å². The molecule has 4 atom stereocenters. The van der Waals surface area contributed by atoms with Crippen LogP contribution in [0.3, 0.4) is 0 Å². The van der Waals surface area contributed by atoms with Crippen LogP contribution in [0.5, 0.6) is 0 Å². The number of hydrogen-bond donors (Lipinski definition) is 1. The van der Waals surface area contributed by atoms with Gasteiger partial charge in [-0.15, -0.1) is 0 Å². The lowest BCUT2D eigenvalue weighted by Crippen LogP contribution is -2.42. The number of hydrogen-bond acceptors (Lipinski definition) is 1. The second-order valence-corrected chi connectivity index (χ2v) is 6.52. The van der Waals surface area contributed by atoms with Crippen molar-refractivity contribution in [3.8, 4) is 0 Å². The van der Waals surface area contributed by atoms with Gasteiger partial charge in [-0.3, -0.25) is 0 Å². The SMILES string of the molecule is CC(C)[C@@H]1CC=C2[C@H](O)CC[C@@H](C)[C@@]2(C)C1. The van der Waals surface area contributed by atoms with Gasteiger partial charge >= 0.3 is 0 Å². The second kappa shape index (κ2) is 4.18. The van der Waals surface area contributed by atoms with Crippen molar-refractivity contribution in [1.82, 2.24) is 0 Å². The zero-order valence-electron chi connectivity index (χ0n) is 11.2. The molecule has 2 rings (SSSR count). The molecule has 92 valence electrons. The maximum absolute atomic E-state index is 10.1. The molecule has 0 unspecified atom stereocenters. The summed E-state index contributed by atoms with van der Waals surface area (Å²) < 4.78 is 0. The summed E-state index contributed by atoms with van der Waals surface area (Å²) in [6, 6.07) is 0. The Hall–Kier alpha value is -0.300. The highest BCUT2D eigenvalue weighted by atomic mass is 16.3. The lowest BCUT2D eigenvalue weighted by molar-refractivity contribution is 0.0542. The van der Waals surface area contributed by atoms with Crippen LogP contribution >= 0.6 is 0 Å². The van der Waals surface area contributed by atoms with Crippen molar-refractivity contribution in [2.45, 2.75) is 59.5 Å². The van der Waals surface area contributed by atoms with Gasteiger partial charge in [0, 0.05) is 0 Å². The first-order valence-electron chi connectivity index (χ1n) is 6.83. The zero-order chi connectivity index (χ0) is 11.9. The topological polar surface area (TPSA) is 20.2 Å². The van der Waals surface area contributed by atoms with Gasteiger partial charge in [0.15, 0.2) is 0 Å². The second-order valence-electron chi connectivity index (χ2n) is 6.52. The van der Waals surface area contributed by atoms with Crippen molar-refractivity contribution in [3.05, 3.63) is 11.6 Å². The predicted molar refractivity (Wildman–Crippen MR) is 68.2 cm³/mol. The van der Waals surface area contributed by atoms with E-state index in [0.717, 1.165) is 24.2 Å². The first-order valence-corrected chi connectivity index (χ1v) is 6.83. The van der Waals surface area contributed by atoms with Gasteiger partial charge in [0.2, 0.25) is 0 Å². The van der Waals surface area contributed by atoms with E-state index in [9.17, 15) is 5.11 Å². The number of allylic oxidation sites excluding steroid dienone is 1. The van der Waals surface area contributed by atoms with Gasteiger partial charge in [0.25, 0.3) is 0 Å². The number of fused-ring (bicyclic) bond motifs is 1. The Morgan fingerprint density at radius 1 is 1.38 bits per heavy atom. The standard InChI is InChI=1S/C15H26O/c1-10(2)12-6-7-13-14(16)8-5-11(3)15(13,4)9-12/h7,10-12,14,16H,5-6,8-9H2,1-4H3/t11-,12-,14-,15-/m1/s1. The third kappa shape index (κ3) is 1.84. The molecule has 2 aliphatic rings. The van der Waals surface area contributed by atoms with Crippen LogP contribution in [0.2, 0.25) is 0 Å². The van der Waals surface area contributed by atoms with Gasteiger partial charge in [-0.2, -0.15) is 0 Å². The van der Waals surface area contributed by atoms with Crippen molar-refractivity contribution >= 4 is 0 Å². The molecule has 1 fully saturated rings. The van der Waals surface area contributed by atoms with E-state index in [1.54, 1.807) is 0 Å². The Labute approximate surface area is 99.9 Å². The lowest BCUT2D eigenvalue weighted by atomic mass is 9.57. The molecular weight excluding hydrogens is 196 g/mol. The Bertz CT molecular complexity index is 292. The van der Waals surface area contributed by atoms with E-state index < -0.39 is 0 Å². The monoisotopic (exact) mass is 222 g/mol. The molecule has 0 aromatic carbocycles. The zero-order valence-corrected chi connectivity index (χ0v) is 11.2. The molecule has 1 saturated carbocycles. The van der Waals surface area contributed by atoms with Crippen LogP contribution < -0.4 is 0 Å². The van der Waals surface area contributed by atoms with Crippen molar-refractivity contribution in [1.29, 1.82) is 0 Å². The summed E-state index contributed by atoms with van der Waals surface area (Å²) in [5, 5.41) is 10.1. The Kier molecular flexibility index (Phi) is 3.18. The number of aliphatic hydroxyl groups excluding tert-OH is 1. The highest BCUT2D eigenvalue weighted by molar-refractivity contribution is 5.25. The number of rotatable bonds is 1. The third-order valence-electron chi connectivity index (χ3n) is 5.25. The van der Waals surface area contributed by atoms with Crippen molar-refractivity contribution < 1.29 is 5.11 Å². The lowest BCUT2D eigenvalue weighted by Gasteiger charge is -2.49. The smallest absolute Gasteiger partial charge is 0.0755 e. The molecule has 0 radical (unpaired) electrons. The summed E-state index contributed by atoms with van der Waals surface area (Å²) in [6.07, 6.45) is 6.79. The summed E-state index contributed by atoms with van der Waals surface area (Å²) >= 11 is 0. The minimum Gasteiger partial charge on any atom is -0.389 e. The molecule has 0 saturated heterocycles. The Balaban J connectivity index is 2.28. The molecule has 0 aliphatic heterocycles. The van der Waals surface area contributed by atoms with E-state index in [2.05, 4.69) is 33.8 Å². The summed E-state index contributed by atoms with van der Waals surface area (Å²) in [6.45, 7) is 9.40. The summed E-state index contributed by atoms with van der Waals surface area (Å²) in [4.78, 5) is 0. The molecular formula is C15H26O. The molecule has 0 aromatic heterocycles. The van der Waals surface area contributed by atoms with Crippen LogP contribution in [-0.4, -0.2) is 11.2 Å². The molecule has 2 aliphatic carbocycles.